The average molecular weight is 391 g/mol. The highest BCUT2D eigenvalue weighted by Crippen LogP contribution is 2.18. The van der Waals surface area contributed by atoms with Gasteiger partial charge in [-0.1, -0.05) is 36.4 Å². The van der Waals surface area contributed by atoms with Crippen LogP contribution >= 0.6 is 27.3 Å². The molecule has 2 heterocycles. The van der Waals surface area contributed by atoms with Crippen molar-refractivity contribution in [1.82, 2.24) is 9.55 Å². The normalized spacial score (nSPS) is 10.7. The predicted octanol–water partition coefficient (Wildman–Crippen LogP) is 3.89. The number of rotatable bonds is 6. The number of aromatic nitrogens is 2. The van der Waals surface area contributed by atoms with Crippen LogP contribution in [0.15, 0.2) is 63.4 Å². The maximum atomic E-state index is 12.4. The van der Waals surface area contributed by atoms with Crippen molar-refractivity contribution in [2.24, 2.45) is 0 Å². The molecular formula is C17H15BrN2O2S. The molecule has 6 heteroatoms. The molecule has 0 unspecified atom stereocenters. The fraction of sp³-hybridized carbons (Fsp3) is 0.176. The average Bonchev–Trinajstić information content (AvgIpc) is 3.10. The zero-order valence-corrected chi connectivity index (χ0v) is 14.7. The van der Waals surface area contributed by atoms with Gasteiger partial charge in [0.1, 0.15) is 17.4 Å². The van der Waals surface area contributed by atoms with Gasteiger partial charge in [-0.05, 0) is 39.4 Å². The van der Waals surface area contributed by atoms with E-state index in [2.05, 4.69) is 27.0 Å². The first kappa shape index (κ1) is 16.0. The lowest BCUT2D eigenvalue weighted by molar-refractivity contribution is 0.289. The molecule has 3 aromatic rings. The lowest BCUT2D eigenvalue weighted by atomic mass is 10.2. The van der Waals surface area contributed by atoms with E-state index < -0.39 is 0 Å². The van der Waals surface area contributed by atoms with E-state index in [0.717, 1.165) is 12.0 Å². The van der Waals surface area contributed by atoms with Gasteiger partial charge in [-0.15, -0.1) is 11.3 Å². The first-order valence-corrected chi connectivity index (χ1v) is 8.85. The van der Waals surface area contributed by atoms with Gasteiger partial charge in [0, 0.05) is 11.4 Å². The summed E-state index contributed by atoms with van der Waals surface area (Å²) in [5.41, 5.74) is 0.905. The summed E-state index contributed by atoms with van der Waals surface area (Å²) in [6, 6.07) is 13.9. The molecule has 0 saturated carbocycles. The van der Waals surface area contributed by atoms with Gasteiger partial charge in [0.15, 0.2) is 0 Å². The Kier molecular flexibility index (Phi) is 5.25. The molecule has 1 aromatic carbocycles. The molecule has 3 rings (SSSR count). The highest BCUT2D eigenvalue weighted by Gasteiger charge is 2.10. The topological polar surface area (TPSA) is 44.1 Å². The van der Waals surface area contributed by atoms with E-state index in [9.17, 15) is 4.79 Å². The molecule has 118 valence electrons. The van der Waals surface area contributed by atoms with E-state index >= 15 is 0 Å². The van der Waals surface area contributed by atoms with Crippen LogP contribution < -0.4 is 10.3 Å². The molecule has 0 fully saturated rings. The standard InChI is InChI=1S/C17H15BrN2O2S/c18-15-16(22-11-13-5-2-1-3-6-13)19-12-20(17(15)21)9-8-14-7-4-10-23-14/h1-7,10,12H,8-9,11H2. The summed E-state index contributed by atoms with van der Waals surface area (Å²) in [6.45, 7) is 0.981. The van der Waals surface area contributed by atoms with Gasteiger partial charge in [0.25, 0.3) is 5.56 Å². The van der Waals surface area contributed by atoms with E-state index in [1.54, 1.807) is 22.2 Å². The molecule has 4 nitrogen and oxygen atoms in total. The van der Waals surface area contributed by atoms with Crippen molar-refractivity contribution in [2.75, 3.05) is 0 Å². The molecule has 0 radical (unpaired) electrons. The number of nitrogens with zero attached hydrogens (tertiary/aromatic N) is 2. The van der Waals surface area contributed by atoms with Gasteiger partial charge in [-0.25, -0.2) is 4.98 Å². The number of halogens is 1. The van der Waals surface area contributed by atoms with Gasteiger partial charge in [-0.2, -0.15) is 0 Å². The zero-order chi connectivity index (χ0) is 16.1. The Morgan fingerprint density at radius 3 is 2.74 bits per heavy atom. The smallest absolute Gasteiger partial charge is 0.271 e. The van der Waals surface area contributed by atoms with Crippen molar-refractivity contribution in [3.05, 3.63) is 79.4 Å². The largest absolute Gasteiger partial charge is 0.472 e. The van der Waals surface area contributed by atoms with Crippen LogP contribution in [-0.2, 0) is 19.6 Å². The van der Waals surface area contributed by atoms with Crippen LogP contribution in [0.1, 0.15) is 10.4 Å². The Balaban J connectivity index is 1.68. The molecule has 0 saturated heterocycles. The van der Waals surface area contributed by atoms with Crippen LogP contribution in [-0.4, -0.2) is 9.55 Å². The molecule has 0 spiro atoms. The first-order chi connectivity index (χ1) is 11.2. The van der Waals surface area contributed by atoms with Crippen molar-refractivity contribution in [1.29, 1.82) is 0 Å². The van der Waals surface area contributed by atoms with Gasteiger partial charge in [0.2, 0.25) is 5.88 Å². The second-order valence-electron chi connectivity index (χ2n) is 4.97. The molecule has 2 aromatic heterocycles. The van der Waals surface area contributed by atoms with E-state index in [1.807, 2.05) is 41.8 Å². The molecule has 0 bridgehead atoms. The quantitative estimate of drug-likeness (QED) is 0.641. The summed E-state index contributed by atoms with van der Waals surface area (Å²) in [5, 5.41) is 2.03. The molecule has 23 heavy (non-hydrogen) atoms. The lowest BCUT2D eigenvalue weighted by Crippen LogP contribution is -2.22. The predicted molar refractivity (Wildman–Crippen MR) is 95.0 cm³/mol. The molecule has 0 aliphatic heterocycles. The summed E-state index contributed by atoms with van der Waals surface area (Å²) in [7, 11) is 0. The Hall–Kier alpha value is -1.92. The Labute approximate surface area is 146 Å². The van der Waals surface area contributed by atoms with Crippen molar-refractivity contribution in [2.45, 2.75) is 19.6 Å². The van der Waals surface area contributed by atoms with Crippen LogP contribution in [0.3, 0.4) is 0 Å². The van der Waals surface area contributed by atoms with Crippen LogP contribution in [0.4, 0.5) is 0 Å². The highest BCUT2D eigenvalue weighted by atomic mass is 79.9. The summed E-state index contributed by atoms with van der Waals surface area (Å²) in [4.78, 5) is 17.9. The van der Waals surface area contributed by atoms with Gasteiger partial charge in [-0.3, -0.25) is 9.36 Å². The molecule has 0 atom stereocenters. The number of hydrogen-bond donors (Lipinski definition) is 0. The third-order valence-electron chi connectivity index (χ3n) is 3.35. The van der Waals surface area contributed by atoms with Gasteiger partial charge in [0.05, 0.1) is 0 Å². The van der Waals surface area contributed by atoms with E-state index in [1.165, 1.54) is 4.88 Å². The molecular weight excluding hydrogens is 376 g/mol. The molecule has 0 N–H and O–H groups in total. The number of aryl methyl sites for hydroxylation is 2. The maximum Gasteiger partial charge on any atom is 0.271 e. The zero-order valence-electron chi connectivity index (χ0n) is 12.3. The lowest BCUT2D eigenvalue weighted by Gasteiger charge is -2.09. The fourth-order valence-electron chi connectivity index (χ4n) is 2.12. The molecule has 0 amide bonds. The van der Waals surface area contributed by atoms with Crippen molar-refractivity contribution in [3.8, 4) is 5.88 Å². The van der Waals surface area contributed by atoms with Gasteiger partial charge >= 0.3 is 0 Å². The monoisotopic (exact) mass is 390 g/mol. The van der Waals surface area contributed by atoms with Crippen LogP contribution in [0, 0.1) is 0 Å². The van der Waals surface area contributed by atoms with E-state index in [4.69, 9.17) is 4.74 Å². The van der Waals surface area contributed by atoms with Gasteiger partial charge < -0.3 is 4.74 Å². The molecule has 0 aliphatic carbocycles. The first-order valence-electron chi connectivity index (χ1n) is 7.18. The Morgan fingerprint density at radius 2 is 2.00 bits per heavy atom. The van der Waals surface area contributed by atoms with E-state index in [0.29, 0.717) is 23.5 Å². The van der Waals surface area contributed by atoms with Crippen molar-refractivity contribution < 1.29 is 4.74 Å². The van der Waals surface area contributed by atoms with E-state index in [-0.39, 0.29) is 5.56 Å². The second-order valence-corrected chi connectivity index (χ2v) is 6.79. The summed E-state index contributed by atoms with van der Waals surface area (Å²) in [6.07, 6.45) is 2.36. The number of hydrogen-bond acceptors (Lipinski definition) is 4. The number of ether oxygens (including phenoxy) is 1. The third kappa shape index (κ3) is 4.09. The minimum atomic E-state index is -0.125. The van der Waals surface area contributed by atoms with Crippen molar-refractivity contribution in [3.63, 3.8) is 0 Å². The fourth-order valence-corrected chi connectivity index (χ4v) is 3.26. The maximum absolute atomic E-state index is 12.4. The summed E-state index contributed by atoms with van der Waals surface area (Å²) in [5.74, 6) is 0.325. The Bertz CT molecular complexity index is 816. The second kappa shape index (κ2) is 7.57. The minimum Gasteiger partial charge on any atom is -0.472 e. The van der Waals surface area contributed by atoms with Crippen LogP contribution in [0.2, 0.25) is 0 Å². The number of benzene rings is 1. The minimum absolute atomic E-state index is 0.125. The Morgan fingerprint density at radius 1 is 1.17 bits per heavy atom. The molecule has 0 aliphatic rings. The SMILES string of the molecule is O=c1c(Br)c(OCc2ccccc2)ncn1CCc1cccs1. The van der Waals surface area contributed by atoms with Crippen LogP contribution in [0.5, 0.6) is 5.88 Å². The highest BCUT2D eigenvalue weighted by molar-refractivity contribution is 9.10. The van der Waals surface area contributed by atoms with Crippen LogP contribution in [0.25, 0.3) is 0 Å². The third-order valence-corrected chi connectivity index (χ3v) is 4.96. The summed E-state index contributed by atoms with van der Waals surface area (Å²) < 4.78 is 7.60. The summed E-state index contributed by atoms with van der Waals surface area (Å²) >= 11 is 4.99. The number of thiophene rings is 1. The van der Waals surface area contributed by atoms with Crippen molar-refractivity contribution >= 4 is 27.3 Å².